The Bertz CT molecular complexity index is 706. The molecule has 0 aliphatic carbocycles. The highest BCUT2D eigenvalue weighted by atomic mass is 35.5. The smallest absolute Gasteiger partial charge is 0.259 e. The standard InChI is InChI=1S/C16H14Cl3NO3/c1-20(8-9-3-5-10(23-2)6-4-9)16(22)13-14(19)11(17)7-12(18)15(13)21/h3-7,21H,8H2,1-2H3. The molecule has 0 spiro atoms. The van der Waals surface area contributed by atoms with E-state index in [-0.39, 0.29) is 26.4 Å². The summed E-state index contributed by atoms with van der Waals surface area (Å²) in [5, 5.41) is 10.1. The average Bonchev–Trinajstić information content (AvgIpc) is 2.53. The van der Waals surface area contributed by atoms with E-state index in [9.17, 15) is 9.90 Å². The van der Waals surface area contributed by atoms with E-state index in [0.717, 1.165) is 11.3 Å². The van der Waals surface area contributed by atoms with E-state index in [1.165, 1.54) is 11.0 Å². The molecule has 2 aromatic rings. The van der Waals surface area contributed by atoms with Crippen molar-refractivity contribution in [3.63, 3.8) is 0 Å². The number of methoxy groups -OCH3 is 1. The lowest BCUT2D eigenvalue weighted by molar-refractivity contribution is 0.0782. The Morgan fingerprint density at radius 2 is 1.78 bits per heavy atom. The first-order valence-corrected chi connectivity index (χ1v) is 7.73. The molecule has 0 bridgehead atoms. The van der Waals surface area contributed by atoms with Crippen LogP contribution in [-0.2, 0) is 6.54 Å². The summed E-state index contributed by atoms with van der Waals surface area (Å²) in [5.41, 5.74) is 0.783. The molecule has 4 nitrogen and oxygen atoms in total. The van der Waals surface area contributed by atoms with Crippen molar-refractivity contribution in [1.29, 1.82) is 0 Å². The largest absolute Gasteiger partial charge is 0.505 e. The van der Waals surface area contributed by atoms with Crippen LogP contribution in [0.25, 0.3) is 0 Å². The molecule has 0 aromatic heterocycles. The maximum absolute atomic E-state index is 12.6. The molecule has 1 N–H and O–H groups in total. The Balaban J connectivity index is 2.26. The second-order valence-corrected chi connectivity index (χ2v) is 6.08. The number of halogens is 3. The van der Waals surface area contributed by atoms with E-state index >= 15 is 0 Å². The Morgan fingerprint density at radius 3 is 2.35 bits per heavy atom. The first-order chi connectivity index (χ1) is 10.8. The van der Waals surface area contributed by atoms with Gasteiger partial charge in [0.2, 0.25) is 0 Å². The summed E-state index contributed by atoms with van der Waals surface area (Å²) in [7, 11) is 3.18. The molecule has 0 atom stereocenters. The van der Waals surface area contributed by atoms with Gasteiger partial charge >= 0.3 is 0 Å². The number of aromatic hydroxyl groups is 1. The zero-order chi connectivity index (χ0) is 17.1. The van der Waals surface area contributed by atoms with Gasteiger partial charge in [-0.05, 0) is 23.8 Å². The number of hydrogen-bond acceptors (Lipinski definition) is 3. The number of hydrogen-bond donors (Lipinski definition) is 1. The van der Waals surface area contributed by atoms with Gasteiger partial charge in [-0.1, -0.05) is 46.9 Å². The van der Waals surface area contributed by atoms with Crippen LogP contribution in [-0.4, -0.2) is 30.1 Å². The van der Waals surface area contributed by atoms with Gasteiger partial charge in [-0.3, -0.25) is 4.79 Å². The number of amides is 1. The lowest BCUT2D eigenvalue weighted by Gasteiger charge is -2.19. The van der Waals surface area contributed by atoms with Crippen LogP contribution in [0.15, 0.2) is 30.3 Å². The second-order valence-electron chi connectivity index (χ2n) is 4.89. The van der Waals surface area contributed by atoms with Crippen molar-refractivity contribution in [1.82, 2.24) is 4.90 Å². The molecule has 122 valence electrons. The SMILES string of the molecule is COc1ccc(CN(C)C(=O)c2c(O)c(Cl)cc(Cl)c2Cl)cc1. The predicted molar refractivity (Wildman–Crippen MR) is 91.9 cm³/mol. The van der Waals surface area contributed by atoms with Crippen LogP contribution >= 0.6 is 34.8 Å². The van der Waals surface area contributed by atoms with Crippen molar-refractivity contribution in [2.75, 3.05) is 14.2 Å². The monoisotopic (exact) mass is 373 g/mol. The molecule has 0 unspecified atom stereocenters. The predicted octanol–water partition coefficient (Wildman–Crippen LogP) is 4.63. The highest BCUT2D eigenvalue weighted by molar-refractivity contribution is 6.45. The number of phenolic OH excluding ortho intramolecular Hbond substituents is 1. The molecule has 2 aromatic carbocycles. The van der Waals surface area contributed by atoms with E-state index in [1.54, 1.807) is 26.3 Å². The van der Waals surface area contributed by atoms with Crippen molar-refractivity contribution < 1.29 is 14.6 Å². The van der Waals surface area contributed by atoms with Crippen molar-refractivity contribution in [3.05, 3.63) is 56.5 Å². The van der Waals surface area contributed by atoms with Gasteiger partial charge in [0.25, 0.3) is 5.91 Å². The van der Waals surface area contributed by atoms with Gasteiger partial charge in [0, 0.05) is 13.6 Å². The molecule has 7 heteroatoms. The quantitative estimate of drug-likeness (QED) is 0.794. The highest BCUT2D eigenvalue weighted by Gasteiger charge is 2.24. The van der Waals surface area contributed by atoms with Crippen LogP contribution in [0.2, 0.25) is 15.1 Å². The Morgan fingerprint density at radius 1 is 1.17 bits per heavy atom. The lowest BCUT2D eigenvalue weighted by atomic mass is 10.1. The van der Waals surface area contributed by atoms with Gasteiger partial charge in [-0.25, -0.2) is 0 Å². The van der Waals surface area contributed by atoms with Crippen molar-refractivity contribution >= 4 is 40.7 Å². The molecule has 0 aliphatic rings. The van der Waals surface area contributed by atoms with Crippen molar-refractivity contribution in [3.8, 4) is 11.5 Å². The molecule has 0 heterocycles. The van der Waals surface area contributed by atoms with Crippen LogP contribution in [0.5, 0.6) is 11.5 Å². The van der Waals surface area contributed by atoms with Crippen LogP contribution in [0.3, 0.4) is 0 Å². The van der Waals surface area contributed by atoms with E-state index < -0.39 is 5.91 Å². The van der Waals surface area contributed by atoms with Gasteiger partial charge in [-0.2, -0.15) is 0 Å². The molecule has 23 heavy (non-hydrogen) atoms. The van der Waals surface area contributed by atoms with Crippen LogP contribution in [0.4, 0.5) is 0 Å². The molecular formula is C16H14Cl3NO3. The number of ether oxygens (including phenoxy) is 1. The summed E-state index contributed by atoms with van der Waals surface area (Å²) in [5.74, 6) is -0.134. The Hall–Kier alpha value is -1.62. The summed E-state index contributed by atoms with van der Waals surface area (Å²) in [6.07, 6.45) is 0. The molecular weight excluding hydrogens is 361 g/mol. The minimum Gasteiger partial charge on any atom is -0.505 e. The number of carbonyl (C=O) groups is 1. The number of benzene rings is 2. The zero-order valence-corrected chi connectivity index (χ0v) is 14.7. The van der Waals surface area contributed by atoms with Gasteiger partial charge in [0.1, 0.15) is 17.1 Å². The lowest BCUT2D eigenvalue weighted by Crippen LogP contribution is -2.26. The van der Waals surface area contributed by atoms with Crippen LogP contribution in [0.1, 0.15) is 15.9 Å². The molecule has 0 saturated carbocycles. The van der Waals surface area contributed by atoms with E-state index in [4.69, 9.17) is 39.5 Å². The second kappa shape index (κ2) is 7.30. The van der Waals surface area contributed by atoms with Crippen molar-refractivity contribution in [2.24, 2.45) is 0 Å². The third-order valence-corrected chi connectivity index (χ3v) is 4.36. The molecule has 0 fully saturated rings. The van der Waals surface area contributed by atoms with Crippen molar-refractivity contribution in [2.45, 2.75) is 6.54 Å². The van der Waals surface area contributed by atoms with E-state index in [1.807, 2.05) is 12.1 Å². The maximum Gasteiger partial charge on any atom is 0.259 e. The van der Waals surface area contributed by atoms with Gasteiger partial charge in [0.05, 0.1) is 22.2 Å². The van der Waals surface area contributed by atoms with Crippen LogP contribution in [0, 0.1) is 0 Å². The summed E-state index contributed by atoms with van der Waals surface area (Å²) in [6, 6.07) is 8.58. The molecule has 0 saturated heterocycles. The summed E-state index contributed by atoms with van der Waals surface area (Å²) in [4.78, 5) is 14.0. The third-order valence-electron chi connectivity index (χ3n) is 3.29. The molecule has 0 aliphatic heterocycles. The third kappa shape index (κ3) is 3.83. The summed E-state index contributed by atoms with van der Waals surface area (Å²) >= 11 is 17.8. The van der Waals surface area contributed by atoms with E-state index in [0.29, 0.717) is 6.54 Å². The molecule has 0 radical (unpaired) electrons. The molecule has 2 rings (SSSR count). The normalized spacial score (nSPS) is 10.5. The Kier molecular flexibility index (Phi) is 5.63. The zero-order valence-electron chi connectivity index (χ0n) is 12.4. The topological polar surface area (TPSA) is 49.8 Å². The minimum absolute atomic E-state index is 0.0272. The summed E-state index contributed by atoms with van der Waals surface area (Å²) in [6.45, 7) is 0.322. The van der Waals surface area contributed by atoms with Crippen LogP contribution < -0.4 is 4.74 Å². The first-order valence-electron chi connectivity index (χ1n) is 6.60. The highest BCUT2D eigenvalue weighted by Crippen LogP contribution is 2.39. The number of phenols is 1. The first kappa shape index (κ1) is 17.7. The van der Waals surface area contributed by atoms with Gasteiger partial charge in [-0.15, -0.1) is 0 Å². The fourth-order valence-electron chi connectivity index (χ4n) is 2.05. The fourth-order valence-corrected chi connectivity index (χ4v) is 2.74. The van der Waals surface area contributed by atoms with E-state index in [2.05, 4.69) is 0 Å². The average molecular weight is 375 g/mol. The molecule has 1 amide bonds. The summed E-state index contributed by atoms with van der Waals surface area (Å²) < 4.78 is 5.09. The number of carbonyl (C=O) groups excluding carboxylic acids is 1. The van der Waals surface area contributed by atoms with Gasteiger partial charge < -0.3 is 14.7 Å². The minimum atomic E-state index is -0.479. The number of rotatable bonds is 4. The fraction of sp³-hybridized carbons (Fsp3) is 0.188. The Labute approximate surface area is 149 Å². The number of nitrogens with zero attached hydrogens (tertiary/aromatic N) is 1. The maximum atomic E-state index is 12.6. The van der Waals surface area contributed by atoms with Gasteiger partial charge in [0.15, 0.2) is 0 Å².